The number of nitrogen functional groups attached to an aromatic ring is 1. The predicted octanol–water partition coefficient (Wildman–Crippen LogP) is 4.29. The fourth-order valence-electron chi connectivity index (χ4n) is 1.66. The first-order chi connectivity index (χ1) is 8.56. The molecule has 1 heterocycles. The number of anilines is 3. The maximum Gasteiger partial charge on any atom is 0.144 e. The van der Waals surface area contributed by atoms with Crippen LogP contribution in [0.3, 0.4) is 0 Å². The molecule has 0 saturated carbocycles. The maximum atomic E-state index is 5.66. The zero-order valence-corrected chi connectivity index (χ0v) is 12.0. The number of hydrogen-bond acceptors (Lipinski definition) is 3. The Balaban J connectivity index is 2.25. The van der Waals surface area contributed by atoms with Gasteiger partial charge in [0, 0.05) is 5.69 Å². The van der Waals surface area contributed by atoms with Gasteiger partial charge < -0.3 is 11.1 Å². The van der Waals surface area contributed by atoms with E-state index in [1.165, 1.54) is 5.56 Å². The highest BCUT2D eigenvalue weighted by atomic mass is 79.9. The Kier molecular flexibility index (Phi) is 3.87. The molecular weight excluding hydrogens is 290 g/mol. The third-order valence-electron chi connectivity index (χ3n) is 2.68. The Labute approximate surface area is 116 Å². The summed E-state index contributed by atoms with van der Waals surface area (Å²) in [7, 11) is 0. The van der Waals surface area contributed by atoms with Crippen molar-refractivity contribution in [1.82, 2.24) is 4.98 Å². The Morgan fingerprint density at radius 2 is 2.06 bits per heavy atom. The second-order valence-electron chi connectivity index (χ2n) is 4.50. The SMILES string of the molecule is CC(C)c1cccc(Nc2ncc(N)cc2Br)c1. The van der Waals surface area contributed by atoms with Crippen LogP contribution in [0.25, 0.3) is 0 Å². The largest absolute Gasteiger partial charge is 0.397 e. The monoisotopic (exact) mass is 305 g/mol. The van der Waals surface area contributed by atoms with Crippen molar-refractivity contribution in [3.63, 3.8) is 0 Å². The number of benzene rings is 1. The van der Waals surface area contributed by atoms with Gasteiger partial charge in [-0.25, -0.2) is 4.98 Å². The van der Waals surface area contributed by atoms with E-state index in [0.717, 1.165) is 16.0 Å². The van der Waals surface area contributed by atoms with Gasteiger partial charge in [0.25, 0.3) is 0 Å². The fraction of sp³-hybridized carbons (Fsp3) is 0.214. The molecule has 0 atom stereocenters. The van der Waals surface area contributed by atoms with Crippen molar-refractivity contribution in [2.24, 2.45) is 0 Å². The molecule has 0 fully saturated rings. The van der Waals surface area contributed by atoms with Gasteiger partial charge in [0.05, 0.1) is 16.4 Å². The van der Waals surface area contributed by atoms with Gasteiger partial charge in [0.2, 0.25) is 0 Å². The minimum Gasteiger partial charge on any atom is -0.397 e. The van der Waals surface area contributed by atoms with Crippen molar-refractivity contribution in [3.8, 4) is 0 Å². The molecule has 0 amide bonds. The standard InChI is InChI=1S/C14H16BrN3/c1-9(2)10-4-3-5-12(6-10)18-14-13(15)7-11(16)8-17-14/h3-9H,16H2,1-2H3,(H,17,18). The van der Waals surface area contributed by atoms with E-state index in [0.29, 0.717) is 11.6 Å². The lowest BCUT2D eigenvalue weighted by Crippen LogP contribution is -1.97. The predicted molar refractivity (Wildman–Crippen MR) is 80.2 cm³/mol. The summed E-state index contributed by atoms with van der Waals surface area (Å²) in [6.07, 6.45) is 1.64. The summed E-state index contributed by atoms with van der Waals surface area (Å²) in [4.78, 5) is 4.26. The lowest BCUT2D eigenvalue weighted by Gasteiger charge is -2.11. The molecule has 0 saturated heterocycles. The Bertz CT molecular complexity index is 552. The average molecular weight is 306 g/mol. The summed E-state index contributed by atoms with van der Waals surface area (Å²) in [6, 6.07) is 10.2. The van der Waals surface area contributed by atoms with Crippen molar-refractivity contribution in [1.29, 1.82) is 0 Å². The number of aromatic nitrogens is 1. The summed E-state index contributed by atoms with van der Waals surface area (Å²) in [5.41, 5.74) is 8.63. The minimum absolute atomic E-state index is 0.509. The van der Waals surface area contributed by atoms with E-state index in [4.69, 9.17) is 5.73 Å². The van der Waals surface area contributed by atoms with Gasteiger partial charge in [-0.05, 0) is 45.6 Å². The third-order valence-corrected chi connectivity index (χ3v) is 3.28. The topological polar surface area (TPSA) is 50.9 Å². The number of nitrogens with one attached hydrogen (secondary N) is 1. The van der Waals surface area contributed by atoms with Gasteiger partial charge in [0.1, 0.15) is 5.82 Å². The molecule has 0 aliphatic rings. The molecule has 0 aliphatic heterocycles. The van der Waals surface area contributed by atoms with E-state index >= 15 is 0 Å². The highest BCUT2D eigenvalue weighted by molar-refractivity contribution is 9.10. The van der Waals surface area contributed by atoms with Crippen LogP contribution in [0.2, 0.25) is 0 Å². The van der Waals surface area contributed by atoms with Crippen LogP contribution in [0, 0.1) is 0 Å². The van der Waals surface area contributed by atoms with Gasteiger partial charge in [-0.3, -0.25) is 0 Å². The molecule has 18 heavy (non-hydrogen) atoms. The van der Waals surface area contributed by atoms with Crippen LogP contribution < -0.4 is 11.1 Å². The maximum absolute atomic E-state index is 5.66. The van der Waals surface area contributed by atoms with Crippen molar-refractivity contribution in [3.05, 3.63) is 46.6 Å². The second-order valence-corrected chi connectivity index (χ2v) is 5.36. The molecule has 2 aromatic rings. The first-order valence-electron chi connectivity index (χ1n) is 5.84. The second kappa shape index (κ2) is 5.40. The van der Waals surface area contributed by atoms with Crippen molar-refractivity contribution < 1.29 is 0 Å². The molecule has 3 nitrogen and oxygen atoms in total. The van der Waals surface area contributed by atoms with E-state index in [9.17, 15) is 0 Å². The quantitative estimate of drug-likeness (QED) is 0.889. The van der Waals surface area contributed by atoms with E-state index < -0.39 is 0 Å². The van der Waals surface area contributed by atoms with Crippen molar-refractivity contribution >= 4 is 33.1 Å². The van der Waals surface area contributed by atoms with E-state index in [2.05, 4.69) is 52.2 Å². The van der Waals surface area contributed by atoms with Gasteiger partial charge >= 0.3 is 0 Å². The zero-order valence-electron chi connectivity index (χ0n) is 10.4. The van der Waals surface area contributed by atoms with Crippen molar-refractivity contribution in [2.45, 2.75) is 19.8 Å². The van der Waals surface area contributed by atoms with E-state index in [1.54, 1.807) is 6.20 Å². The number of pyridine rings is 1. The molecule has 1 aromatic carbocycles. The molecule has 2 rings (SSSR count). The Hall–Kier alpha value is -1.55. The first kappa shape index (κ1) is 12.9. The van der Waals surface area contributed by atoms with Gasteiger partial charge in [0.15, 0.2) is 0 Å². The smallest absolute Gasteiger partial charge is 0.144 e. The lowest BCUT2D eigenvalue weighted by atomic mass is 10.0. The average Bonchev–Trinajstić information content (AvgIpc) is 2.33. The fourth-order valence-corrected chi connectivity index (χ4v) is 2.12. The van der Waals surface area contributed by atoms with Crippen LogP contribution in [0.5, 0.6) is 0 Å². The molecule has 0 radical (unpaired) electrons. The van der Waals surface area contributed by atoms with Crippen LogP contribution in [0.1, 0.15) is 25.3 Å². The molecule has 0 bridgehead atoms. The minimum atomic E-state index is 0.509. The molecule has 0 aliphatic carbocycles. The number of nitrogens with two attached hydrogens (primary N) is 1. The normalized spacial score (nSPS) is 10.7. The molecule has 0 unspecified atom stereocenters. The Morgan fingerprint density at radius 3 is 2.72 bits per heavy atom. The number of rotatable bonds is 3. The molecule has 94 valence electrons. The van der Waals surface area contributed by atoms with Crippen LogP contribution in [0.4, 0.5) is 17.2 Å². The number of halogens is 1. The summed E-state index contributed by atoms with van der Waals surface area (Å²) in [6.45, 7) is 4.35. The van der Waals surface area contributed by atoms with Gasteiger partial charge in [-0.1, -0.05) is 26.0 Å². The summed E-state index contributed by atoms with van der Waals surface area (Å²) >= 11 is 3.45. The third kappa shape index (κ3) is 3.01. The van der Waals surface area contributed by atoms with Gasteiger partial charge in [-0.15, -0.1) is 0 Å². The lowest BCUT2D eigenvalue weighted by molar-refractivity contribution is 0.867. The molecular formula is C14H16BrN3. The zero-order chi connectivity index (χ0) is 13.1. The first-order valence-corrected chi connectivity index (χ1v) is 6.63. The van der Waals surface area contributed by atoms with Crippen molar-refractivity contribution in [2.75, 3.05) is 11.1 Å². The van der Waals surface area contributed by atoms with E-state index in [-0.39, 0.29) is 0 Å². The summed E-state index contributed by atoms with van der Waals surface area (Å²) in [5.74, 6) is 1.28. The van der Waals surface area contributed by atoms with Crippen LogP contribution >= 0.6 is 15.9 Å². The highest BCUT2D eigenvalue weighted by Gasteiger charge is 2.04. The molecule has 0 spiro atoms. The molecule has 3 N–H and O–H groups in total. The van der Waals surface area contributed by atoms with Gasteiger partial charge in [-0.2, -0.15) is 0 Å². The molecule has 1 aromatic heterocycles. The van der Waals surface area contributed by atoms with E-state index in [1.807, 2.05) is 18.2 Å². The Morgan fingerprint density at radius 1 is 1.28 bits per heavy atom. The van der Waals surface area contributed by atoms with Crippen LogP contribution in [-0.4, -0.2) is 4.98 Å². The number of nitrogens with zero attached hydrogens (tertiary/aromatic N) is 1. The number of hydrogen-bond donors (Lipinski definition) is 2. The highest BCUT2D eigenvalue weighted by Crippen LogP contribution is 2.26. The summed E-state index contributed by atoms with van der Waals surface area (Å²) < 4.78 is 0.859. The van der Waals surface area contributed by atoms with Crippen LogP contribution in [-0.2, 0) is 0 Å². The molecule has 4 heteroatoms. The summed E-state index contributed by atoms with van der Waals surface area (Å²) in [5, 5.41) is 3.28. The van der Waals surface area contributed by atoms with Crippen LogP contribution in [0.15, 0.2) is 41.0 Å².